The van der Waals surface area contributed by atoms with Gasteiger partial charge in [-0.1, -0.05) is 5.75 Å². The molecule has 1 atom stereocenters. The molecule has 2 heterocycles. The Hall–Kier alpha value is -1.73. The summed E-state index contributed by atoms with van der Waals surface area (Å²) in [6.07, 6.45) is -0.616. The van der Waals surface area contributed by atoms with Crippen molar-refractivity contribution in [2.75, 3.05) is 5.32 Å². The monoisotopic (exact) mass is 507 g/mol. The van der Waals surface area contributed by atoms with Crippen molar-refractivity contribution in [1.29, 1.82) is 0 Å². The number of nitrogens with one attached hydrogen (secondary N) is 2. The maximum atomic E-state index is 14.1. The van der Waals surface area contributed by atoms with Crippen LogP contribution in [0.15, 0.2) is 40.5 Å². The van der Waals surface area contributed by atoms with Crippen LogP contribution in [0.2, 0.25) is 0 Å². The van der Waals surface area contributed by atoms with E-state index in [1.54, 1.807) is 6.92 Å². The normalized spacial score (nSPS) is 11.1. The van der Waals surface area contributed by atoms with Gasteiger partial charge in [-0.15, -0.1) is 11.3 Å². The van der Waals surface area contributed by atoms with Gasteiger partial charge in [0, 0.05) is 41.6 Å². The fraction of sp³-hybridized carbons (Fsp3) is 0.190. The smallest absolute Gasteiger partial charge is 0.871 e. The van der Waals surface area contributed by atoms with Crippen molar-refractivity contribution in [3.05, 3.63) is 68.3 Å². The predicted octanol–water partition coefficient (Wildman–Crippen LogP) is -4.22. The largest absolute Gasteiger partial charge is 1.00 e. The molecule has 3 aromatic rings. The summed E-state index contributed by atoms with van der Waals surface area (Å²) < 4.78 is 28.4. The summed E-state index contributed by atoms with van der Waals surface area (Å²) in [4.78, 5) is 36.2. The number of aliphatic carboxylic acids is 1. The first-order valence-corrected chi connectivity index (χ1v) is 10.1. The molecule has 0 fully saturated rings. The molecule has 0 aliphatic rings. The number of aromatic nitrogens is 1. The van der Waals surface area contributed by atoms with E-state index in [1.807, 2.05) is 0 Å². The SMILES string of the molecule is Cc1cc([O-])c(NC(=O)N[C@@H](CC(=O)[O-])c2cc(-c3ccc(F)cc3F)cs2)c(=O)n1C.[Na+].[Na+]. The predicted molar refractivity (Wildman–Crippen MR) is 110 cm³/mol. The second-order valence-corrected chi connectivity index (χ2v) is 7.92. The Morgan fingerprint density at radius 1 is 1.18 bits per heavy atom. The first kappa shape index (κ1) is 30.3. The molecule has 0 bridgehead atoms. The molecule has 34 heavy (non-hydrogen) atoms. The van der Waals surface area contributed by atoms with E-state index in [0.717, 1.165) is 23.5 Å². The number of pyridine rings is 1. The van der Waals surface area contributed by atoms with Crippen LogP contribution in [0.4, 0.5) is 19.3 Å². The molecule has 2 N–H and O–H groups in total. The molecule has 0 spiro atoms. The number of carboxylic acids is 1. The molecule has 2 amide bonds. The second-order valence-electron chi connectivity index (χ2n) is 6.98. The van der Waals surface area contributed by atoms with E-state index >= 15 is 0 Å². The van der Waals surface area contributed by atoms with Crippen LogP contribution < -0.4 is 85.5 Å². The van der Waals surface area contributed by atoms with Gasteiger partial charge in [0.25, 0.3) is 5.56 Å². The molecule has 1 aromatic carbocycles. The summed E-state index contributed by atoms with van der Waals surface area (Å²) >= 11 is 1.04. The average molecular weight is 507 g/mol. The number of aryl methyl sites for hydroxylation is 1. The third-order valence-corrected chi connectivity index (χ3v) is 5.80. The number of carbonyl (C=O) groups excluding carboxylic acids is 2. The van der Waals surface area contributed by atoms with Crippen LogP contribution in [0.5, 0.6) is 5.75 Å². The maximum Gasteiger partial charge on any atom is 1.00 e. The van der Waals surface area contributed by atoms with Gasteiger partial charge in [0.05, 0.1) is 6.04 Å². The fourth-order valence-electron chi connectivity index (χ4n) is 3.00. The molecule has 0 unspecified atom stereocenters. The van der Waals surface area contributed by atoms with E-state index in [9.17, 15) is 33.4 Å². The molecular weight excluding hydrogens is 490 g/mol. The van der Waals surface area contributed by atoms with Crippen molar-refractivity contribution >= 4 is 29.0 Å². The third-order valence-electron chi connectivity index (χ3n) is 4.75. The Labute approximate surface area is 241 Å². The minimum absolute atomic E-state index is 0. The van der Waals surface area contributed by atoms with Gasteiger partial charge >= 0.3 is 65.1 Å². The van der Waals surface area contributed by atoms with Crippen LogP contribution in [0.1, 0.15) is 23.0 Å². The molecule has 8 nitrogen and oxygen atoms in total. The molecular formula is C21H17F2N3Na2O5S. The van der Waals surface area contributed by atoms with Gasteiger partial charge in [0.15, 0.2) is 0 Å². The van der Waals surface area contributed by atoms with E-state index < -0.39 is 53.1 Å². The van der Waals surface area contributed by atoms with Gasteiger partial charge in [-0.2, -0.15) is 0 Å². The minimum atomic E-state index is -1.46. The fourth-order valence-corrected chi connectivity index (χ4v) is 3.96. The molecule has 3 rings (SSSR count). The van der Waals surface area contributed by atoms with Crippen LogP contribution in [0.25, 0.3) is 11.1 Å². The molecule has 0 radical (unpaired) electrons. The van der Waals surface area contributed by atoms with E-state index in [2.05, 4.69) is 10.6 Å². The van der Waals surface area contributed by atoms with Crippen LogP contribution in [0.3, 0.4) is 0 Å². The van der Waals surface area contributed by atoms with E-state index in [4.69, 9.17) is 0 Å². The van der Waals surface area contributed by atoms with Crippen molar-refractivity contribution in [1.82, 2.24) is 9.88 Å². The Balaban J connectivity index is 0.00000289. The summed E-state index contributed by atoms with van der Waals surface area (Å²) in [5.41, 5.74) is -0.332. The van der Waals surface area contributed by atoms with E-state index in [1.165, 1.54) is 35.2 Å². The van der Waals surface area contributed by atoms with E-state index in [-0.39, 0.29) is 64.7 Å². The first-order chi connectivity index (χ1) is 15.1. The molecule has 13 heteroatoms. The van der Waals surface area contributed by atoms with Crippen LogP contribution in [0, 0.1) is 18.6 Å². The number of halogens is 2. The van der Waals surface area contributed by atoms with Crippen molar-refractivity contribution in [2.45, 2.75) is 19.4 Å². The Morgan fingerprint density at radius 2 is 1.85 bits per heavy atom. The maximum absolute atomic E-state index is 14.1. The number of hydrogen-bond donors (Lipinski definition) is 2. The number of benzene rings is 1. The average Bonchev–Trinajstić information content (AvgIpc) is 3.18. The van der Waals surface area contributed by atoms with Crippen molar-refractivity contribution < 1.29 is 87.7 Å². The Kier molecular flexibility index (Phi) is 11.4. The molecule has 0 aliphatic heterocycles. The number of rotatable bonds is 6. The summed E-state index contributed by atoms with van der Waals surface area (Å²) in [5, 5.41) is 29.4. The number of amides is 2. The number of carboxylic acid groups (broad SMARTS) is 1. The van der Waals surface area contributed by atoms with Crippen LogP contribution in [-0.2, 0) is 11.8 Å². The molecule has 0 saturated heterocycles. The summed E-state index contributed by atoms with van der Waals surface area (Å²) in [5.74, 6) is -3.69. The number of thiophene rings is 1. The van der Waals surface area contributed by atoms with Gasteiger partial charge in [-0.3, -0.25) is 4.79 Å². The van der Waals surface area contributed by atoms with Gasteiger partial charge in [-0.05, 0) is 42.1 Å². The quantitative estimate of drug-likeness (QED) is 0.327. The zero-order chi connectivity index (χ0) is 23.6. The Morgan fingerprint density at radius 3 is 2.47 bits per heavy atom. The Bertz CT molecular complexity index is 1270. The number of hydrogen-bond acceptors (Lipinski definition) is 6. The van der Waals surface area contributed by atoms with Crippen molar-refractivity contribution in [3.63, 3.8) is 0 Å². The van der Waals surface area contributed by atoms with Crippen molar-refractivity contribution in [3.8, 4) is 16.9 Å². The molecule has 0 saturated carbocycles. The zero-order valence-corrected chi connectivity index (χ0v) is 23.7. The van der Waals surface area contributed by atoms with Crippen molar-refractivity contribution in [2.24, 2.45) is 7.05 Å². The molecule has 168 valence electrons. The first-order valence-electron chi connectivity index (χ1n) is 9.25. The number of carbonyl (C=O) groups is 2. The molecule has 0 aliphatic carbocycles. The van der Waals surface area contributed by atoms with E-state index in [0.29, 0.717) is 16.1 Å². The summed E-state index contributed by atoms with van der Waals surface area (Å²) in [7, 11) is 1.43. The number of urea groups is 1. The molecule has 2 aromatic heterocycles. The van der Waals surface area contributed by atoms with Gasteiger partial charge in [0.1, 0.15) is 17.3 Å². The summed E-state index contributed by atoms with van der Waals surface area (Å²) in [6.45, 7) is 1.56. The van der Waals surface area contributed by atoms with Gasteiger partial charge < -0.3 is 30.2 Å². The van der Waals surface area contributed by atoms with Crippen LogP contribution in [-0.4, -0.2) is 16.6 Å². The number of nitrogens with zero attached hydrogens (tertiary/aromatic N) is 1. The topological polar surface area (TPSA) is 126 Å². The minimum Gasteiger partial charge on any atom is -0.871 e. The number of anilines is 1. The zero-order valence-electron chi connectivity index (χ0n) is 18.9. The third kappa shape index (κ3) is 7.14. The van der Waals surface area contributed by atoms with Crippen LogP contribution >= 0.6 is 11.3 Å². The van der Waals surface area contributed by atoms with Gasteiger partial charge in [-0.25, -0.2) is 13.6 Å². The van der Waals surface area contributed by atoms with Gasteiger partial charge in [0.2, 0.25) is 0 Å². The second kappa shape index (κ2) is 12.8. The summed E-state index contributed by atoms with van der Waals surface area (Å²) in [6, 6.07) is 3.62. The standard InChI is InChI=1S/C21H19F2N3O5S.2Na/c1-10-5-16(27)19(20(30)26(10)2)25-21(31)24-15(8-18(28)29)17-6-11(9-32-17)13-4-3-12(22)7-14(13)23;;/h3-7,9,15,27H,8H2,1-2H3,(H,28,29)(H2,24,25,31);;/q;2*+1/p-2/t15-;;/m0../s1.